The molecule has 0 radical (unpaired) electrons. The minimum absolute atomic E-state index is 0. The lowest BCUT2D eigenvalue weighted by atomic mass is 9.92. The van der Waals surface area contributed by atoms with Crippen LogP contribution in [0.1, 0.15) is 41.1 Å². The van der Waals surface area contributed by atoms with Crippen molar-refractivity contribution >= 4 is 12.4 Å². The summed E-state index contributed by atoms with van der Waals surface area (Å²) in [6, 6.07) is 3.36. The largest absolute Gasteiger partial charge is 0.389 e. The summed E-state index contributed by atoms with van der Waals surface area (Å²) in [6.07, 6.45) is -5.03. The molecule has 0 aromatic heterocycles. The van der Waals surface area contributed by atoms with Gasteiger partial charge in [0.1, 0.15) is 0 Å². The van der Waals surface area contributed by atoms with Gasteiger partial charge in [-0.25, -0.2) is 0 Å². The van der Waals surface area contributed by atoms with Gasteiger partial charge in [-0.2, -0.15) is 13.2 Å². The zero-order valence-electron chi connectivity index (χ0n) is 10.8. The Labute approximate surface area is 112 Å². The van der Waals surface area contributed by atoms with Crippen molar-refractivity contribution < 1.29 is 13.2 Å². The molecule has 0 aliphatic heterocycles. The Balaban J connectivity index is 0.00000289. The number of hydrogen-bond donors (Lipinski definition) is 1. The van der Waals surface area contributed by atoms with Crippen LogP contribution in [0.4, 0.5) is 13.2 Å². The van der Waals surface area contributed by atoms with Crippen LogP contribution in [0.3, 0.4) is 0 Å². The SMILES string of the molecule is Cc1cc(C)c([C@@H](N)CCC(F)(F)F)c(C)c1.Cl. The standard InChI is InChI=1S/C13H18F3N.ClH/c1-8-6-9(2)12(10(3)7-8)11(17)4-5-13(14,15)16;/h6-7,11H,4-5,17H2,1-3H3;1H/t11-;/m0./s1. The van der Waals surface area contributed by atoms with Gasteiger partial charge in [0.25, 0.3) is 0 Å². The predicted molar refractivity (Wildman–Crippen MR) is 70.1 cm³/mol. The molecule has 0 amide bonds. The highest BCUT2D eigenvalue weighted by molar-refractivity contribution is 5.85. The maximum absolute atomic E-state index is 12.1. The Hall–Kier alpha value is -0.740. The van der Waals surface area contributed by atoms with Crippen molar-refractivity contribution in [3.05, 3.63) is 34.4 Å². The van der Waals surface area contributed by atoms with Crippen molar-refractivity contribution in [2.75, 3.05) is 0 Å². The van der Waals surface area contributed by atoms with Crippen LogP contribution in [0.2, 0.25) is 0 Å². The minimum atomic E-state index is -4.13. The van der Waals surface area contributed by atoms with Crippen LogP contribution >= 0.6 is 12.4 Å². The lowest BCUT2D eigenvalue weighted by Gasteiger charge is -2.19. The second kappa shape index (κ2) is 6.43. The van der Waals surface area contributed by atoms with E-state index in [0.717, 1.165) is 22.3 Å². The molecule has 1 atom stereocenters. The molecule has 1 aromatic carbocycles. The average Bonchev–Trinajstić information content (AvgIpc) is 2.11. The Bertz CT molecular complexity index is 379. The van der Waals surface area contributed by atoms with E-state index in [1.807, 2.05) is 32.9 Å². The molecule has 5 heteroatoms. The van der Waals surface area contributed by atoms with E-state index in [0.29, 0.717) is 0 Å². The van der Waals surface area contributed by atoms with Crippen LogP contribution in [0.25, 0.3) is 0 Å². The first kappa shape index (κ1) is 17.3. The summed E-state index contributed by atoms with van der Waals surface area (Å²) in [4.78, 5) is 0. The summed E-state index contributed by atoms with van der Waals surface area (Å²) < 4.78 is 36.4. The van der Waals surface area contributed by atoms with Crippen LogP contribution in [0.15, 0.2) is 12.1 Å². The lowest BCUT2D eigenvalue weighted by Crippen LogP contribution is -2.17. The van der Waals surface area contributed by atoms with Gasteiger partial charge in [-0.05, 0) is 43.9 Å². The molecule has 0 spiro atoms. The molecule has 18 heavy (non-hydrogen) atoms. The van der Waals surface area contributed by atoms with E-state index in [2.05, 4.69) is 0 Å². The van der Waals surface area contributed by atoms with E-state index >= 15 is 0 Å². The van der Waals surface area contributed by atoms with E-state index < -0.39 is 18.6 Å². The molecule has 0 fully saturated rings. The zero-order valence-corrected chi connectivity index (χ0v) is 11.6. The Morgan fingerprint density at radius 2 is 1.56 bits per heavy atom. The molecular weight excluding hydrogens is 263 g/mol. The molecule has 0 saturated carbocycles. The highest BCUT2D eigenvalue weighted by atomic mass is 35.5. The molecule has 1 nitrogen and oxygen atoms in total. The average molecular weight is 282 g/mol. The van der Waals surface area contributed by atoms with Crippen molar-refractivity contribution in [1.82, 2.24) is 0 Å². The van der Waals surface area contributed by atoms with Gasteiger partial charge >= 0.3 is 6.18 Å². The normalized spacial score (nSPS) is 13.1. The smallest absolute Gasteiger partial charge is 0.324 e. The molecular formula is C13H19ClF3N. The number of rotatable bonds is 3. The quantitative estimate of drug-likeness (QED) is 0.874. The summed E-state index contributed by atoms with van der Waals surface area (Å²) >= 11 is 0. The third-order valence-electron chi connectivity index (χ3n) is 2.85. The van der Waals surface area contributed by atoms with Crippen molar-refractivity contribution in [3.63, 3.8) is 0 Å². The summed E-state index contributed by atoms with van der Waals surface area (Å²) in [5, 5.41) is 0. The van der Waals surface area contributed by atoms with E-state index in [1.54, 1.807) is 0 Å². The van der Waals surface area contributed by atoms with Crippen LogP contribution < -0.4 is 5.73 Å². The summed E-state index contributed by atoms with van der Waals surface area (Å²) in [6.45, 7) is 5.75. The summed E-state index contributed by atoms with van der Waals surface area (Å²) in [5.74, 6) is 0. The van der Waals surface area contributed by atoms with E-state index in [4.69, 9.17) is 5.73 Å². The maximum atomic E-state index is 12.1. The molecule has 2 N–H and O–H groups in total. The van der Waals surface area contributed by atoms with Gasteiger partial charge in [-0.3, -0.25) is 0 Å². The molecule has 0 bridgehead atoms. The molecule has 0 aliphatic carbocycles. The van der Waals surface area contributed by atoms with Crippen LogP contribution in [-0.2, 0) is 0 Å². The van der Waals surface area contributed by atoms with E-state index in [9.17, 15) is 13.2 Å². The van der Waals surface area contributed by atoms with Gasteiger partial charge in [-0.1, -0.05) is 17.7 Å². The van der Waals surface area contributed by atoms with E-state index in [-0.39, 0.29) is 18.8 Å². The number of benzene rings is 1. The molecule has 0 heterocycles. The molecule has 0 unspecified atom stereocenters. The number of nitrogens with two attached hydrogens (primary N) is 1. The molecule has 104 valence electrons. The van der Waals surface area contributed by atoms with Gasteiger partial charge in [0.05, 0.1) is 0 Å². The third kappa shape index (κ3) is 4.86. The predicted octanol–water partition coefficient (Wildman–Crippen LogP) is 4.38. The first-order valence-electron chi connectivity index (χ1n) is 5.61. The molecule has 0 aliphatic rings. The second-order valence-electron chi connectivity index (χ2n) is 4.57. The first-order chi connectivity index (χ1) is 7.70. The summed E-state index contributed by atoms with van der Waals surface area (Å²) in [5.41, 5.74) is 9.74. The fourth-order valence-corrected chi connectivity index (χ4v) is 2.24. The molecule has 1 rings (SSSR count). The fourth-order valence-electron chi connectivity index (χ4n) is 2.24. The van der Waals surface area contributed by atoms with Crippen LogP contribution in [0, 0.1) is 20.8 Å². The Kier molecular flexibility index (Phi) is 6.17. The van der Waals surface area contributed by atoms with Crippen LogP contribution in [0.5, 0.6) is 0 Å². The fraction of sp³-hybridized carbons (Fsp3) is 0.538. The Morgan fingerprint density at radius 1 is 1.11 bits per heavy atom. The number of alkyl halides is 3. The molecule has 1 aromatic rings. The van der Waals surface area contributed by atoms with Crippen molar-refractivity contribution in [2.24, 2.45) is 5.73 Å². The van der Waals surface area contributed by atoms with Gasteiger partial charge < -0.3 is 5.73 Å². The minimum Gasteiger partial charge on any atom is -0.324 e. The van der Waals surface area contributed by atoms with Gasteiger partial charge in [0, 0.05) is 12.5 Å². The monoisotopic (exact) mass is 281 g/mol. The second-order valence-corrected chi connectivity index (χ2v) is 4.57. The van der Waals surface area contributed by atoms with E-state index in [1.165, 1.54) is 0 Å². The van der Waals surface area contributed by atoms with Gasteiger partial charge in [-0.15, -0.1) is 12.4 Å². The van der Waals surface area contributed by atoms with Gasteiger partial charge in [0.15, 0.2) is 0 Å². The summed E-state index contributed by atoms with van der Waals surface area (Å²) in [7, 11) is 0. The highest BCUT2D eigenvalue weighted by Crippen LogP contribution is 2.29. The van der Waals surface area contributed by atoms with Crippen molar-refractivity contribution in [2.45, 2.75) is 45.8 Å². The lowest BCUT2D eigenvalue weighted by molar-refractivity contribution is -0.136. The number of halogens is 4. The topological polar surface area (TPSA) is 26.0 Å². The number of hydrogen-bond acceptors (Lipinski definition) is 1. The zero-order chi connectivity index (χ0) is 13.2. The Morgan fingerprint density at radius 3 is 1.94 bits per heavy atom. The molecule has 0 saturated heterocycles. The first-order valence-corrected chi connectivity index (χ1v) is 5.61. The van der Waals surface area contributed by atoms with Gasteiger partial charge in [0.2, 0.25) is 0 Å². The van der Waals surface area contributed by atoms with Crippen molar-refractivity contribution in [3.8, 4) is 0 Å². The van der Waals surface area contributed by atoms with Crippen molar-refractivity contribution in [1.29, 1.82) is 0 Å². The van der Waals surface area contributed by atoms with Crippen LogP contribution in [-0.4, -0.2) is 6.18 Å². The highest BCUT2D eigenvalue weighted by Gasteiger charge is 2.28. The maximum Gasteiger partial charge on any atom is 0.389 e. The number of aryl methyl sites for hydroxylation is 3. The third-order valence-corrected chi connectivity index (χ3v) is 2.85.